The number of anilines is 1. The van der Waals surface area contributed by atoms with E-state index in [0.29, 0.717) is 23.6 Å². The van der Waals surface area contributed by atoms with Crippen LogP contribution in [0.4, 0.5) is 5.82 Å². The summed E-state index contributed by atoms with van der Waals surface area (Å²) < 4.78 is 33.1. The van der Waals surface area contributed by atoms with E-state index in [1.54, 1.807) is 32.0 Å². The Labute approximate surface area is 124 Å². The molecule has 0 atom stereocenters. The molecule has 2 aromatic heterocycles. The molecule has 0 saturated heterocycles. The lowest BCUT2D eigenvalue weighted by molar-refractivity contribution is 0.493. The molecule has 2 aromatic rings. The third kappa shape index (κ3) is 3.43. The average Bonchev–Trinajstić information content (AvgIpc) is 2.72. The molecule has 0 spiro atoms. The molecule has 0 unspecified atom stereocenters. The van der Waals surface area contributed by atoms with Gasteiger partial charge in [0.1, 0.15) is 22.2 Å². The van der Waals surface area contributed by atoms with Crippen LogP contribution in [0.3, 0.4) is 0 Å². The van der Waals surface area contributed by atoms with Crippen LogP contribution in [0.2, 0.25) is 0 Å². The van der Waals surface area contributed by atoms with Crippen molar-refractivity contribution < 1.29 is 12.8 Å². The van der Waals surface area contributed by atoms with Crippen molar-refractivity contribution in [3.8, 4) is 0 Å². The fraction of sp³-hybridized carbons (Fsp3) is 0.357. The fourth-order valence-electron chi connectivity index (χ4n) is 2.13. The molecule has 0 saturated carbocycles. The lowest BCUT2D eigenvalue weighted by atomic mass is 10.2. The van der Waals surface area contributed by atoms with Crippen molar-refractivity contribution in [3.63, 3.8) is 0 Å². The highest BCUT2D eigenvalue weighted by Crippen LogP contribution is 2.27. The summed E-state index contributed by atoms with van der Waals surface area (Å²) in [6.45, 7) is 6.56. The van der Waals surface area contributed by atoms with Crippen molar-refractivity contribution in [2.75, 3.05) is 11.3 Å². The standard InChI is InChI=1S/C14H19N3O3S/c1-4-15-9-12-10(2)20-11(3)14(12)21(18,19)17-13-7-5-6-8-16-13/h5-8,15H,4,9H2,1-3H3,(H,16,17). The molecule has 114 valence electrons. The summed E-state index contributed by atoms with van der Waals surface area (Å²) in [6.07, 6.45) is 1.53. The van der Waals surface area contributed by atoms with Crippen LogP contribution in [0.15, 0.2) is 33.7 Å². The minimum atomic E-state index is -3.73. The summed E-state index contributed by atoms with van der Waals surface area (Å²) >= 11 is 0. The van der Waals surface area contributed by atoms with Crippen LogP contribution < -0.4 is 10.0 Å². The molecule has 0 radical (unpaired) electrons. The molecule has 2 rings (SSSR count). The number of pyridine rings is 1. The molecule has 7 heteroatoms. The van der Waals surface area contributed by atoms with Gasteiger partial charge in [0, 0.05) is 18.3 Å². The minimum Gasteiger partial charge on any atom is -0.465 e. The molecule has 21 heavy (non-hydrogen) atoms. The van der Waals surface area contributed by atoms with Crippen LogP contribution in [0, 0.1) is 13.8 Å². The number of furan rings is 1. The second-order valence-corrected chi connectivity index (χ2v) is 6.24. The summed E-state index contributed by atoms with van der Waals surface area (Å²) in [4.78, 5) is 4.17. The Hall–Kier alpha value is -1.86. The quantitative estimate of drug-likeness (QED) is 0.854. The Morgan fingerprint density at radius 2 is 2.00 bits per heavy atom. The predicted octanol–water partition coefficient (Wildman–Crippen LogP) is 2.20. The van der Waals surface area contributed by atoms with Gasteiger partial charge in [0.2, 0.25) is 0 Å². The van der Waals surface area contributed by atoms with Gasteiger partial charge in [-0.25, -0.2) is 13.4 Å². The Morgan fingerprint density at radius 3 is 2.62 bits per heavy atom. The van der Waals surface area contributed by atoms with Crippen LogP contribution in [0.5, 0.6) is 0 Å². The van der Waals surface area contributed by atoms with Crippen LogP contribution in [0.1, 0.15) is 24.0 Å². The van der Waals surface area contributed by atoms with E-state index >= 15 is 0 Å². The maximum absolute atomic E-state index is 12.6. The highest BCUT2D eigenvalue weighted by molar-refractivity contribution is 7.92. The maximum Gasteiger partial charge on any atom is 0.266 e. The van der Waals surface area contributed by atoms with E-state index in [1.807, 2.05) is 6.92 Å². The number of rotatable bonds is 6. The first-order valence-electron chi connectivity index (χ1n) is 6.69. The second kappa shape index (κ2) is 6.28. The molecule has 6 nitrogen and oxygen atoms in total. The van der Waals surface area contributed by atoms with Crippen molar-refractivity contribution in [1.82, 2.24) is 10.3 Å². The molecular formula is C14H19N3O3S. The van der Waals surface area contributed by atoms with Gasteiger partial charge in [-0.2, -0.15) is 0 Å². The van der Waals surface area contributed by atoms with E-state index in [4.69, 9.17) is 4.42 Å². The smallest absolute Gasteiger partial charge is 0.266 e. The van der Waals surface area contributed by atoms with E-state index in [2.05, 4.69) is 15.0 Å². The first-order valence-corrected chi connectivity index (χ1v) is 8.17. The fourth-order valence-corrected chi connectivity index (χ4v) is 3.59. The predicted molar refractivity (Wildman–Crippen MR) is 80.6 cm³/mol. The van der Waals surface area contributed by atoms with Gasteiger partial charge in [-0.1, -0.05) is 13.0 Å². The molecule has 2 heterocycles. The molecule has 0 fully saturated rings. The average molecular weight is 309 g/mol. The Morgan fingerprint density at radius 1 is 1.24 bits per heavy atom. The Bertz CT molecular complexity index is 709. The van der Waals surface area contributed by atoms with Gasteiger partial charge in [-0.05, 0) is 32.5 Å². The van der Waals surface area contributed by atoms with Crippen molar-refractivity contribution in [1.29, 1.82) is 0 Å². The summed E-state index contributed by atoms with van der Waals surface area (Å²) in [5.41, 5.74) is 0.651. The molecule has 0 aliphatic rings. The molecule has 0 aliphatic heterocycles. The molecule has 0 amide bonds. The van der Waals surface area contributed by atoms with Crippen molar-refractivity contribution in [2.24, 2.45) is 0 Å². The lowest BCUT2D eigenvalue weighted by Gasteiger charge is -2.09. The molecule has 0 aromatic carbocycles. The highest BCUT2D eigenvalue weighted by Gasteiger charge is 2.26. The van der Waals surface area contributed by atoms with Gasteiger partial charge in [-0.3, -0.25) is 4.72 Å². The van der Waals surface area contributed by atoms with E-state index in [9.17, 15) is 8.42 Å². The van der Waals surface area contributed by atoms with E-state index in [-0.39, 0.29) is 10.7 Å². The number of nitrogens with zero attached hydrogens (tertiary/aromatic N) is 1. The number of hydrogen-bond donors (Lipinski definition) is 2. The van der Waals surface area contributed by atoms with E-state index < -0.39 is 10.0 Å². The lowest BCUT2D eigenvalue weighted by Crippen LogP contribution is -2.19. The van der Waals surface area contributed by atoms with E-state index in [1.165, 1.54) is 6.20 Å². The first kappa shape index (κ1) is 15.5. The molecule has 0 bridgehead atoms. The summed E-state index contributed by atoms with van der Waals surface area (Å²) in [5, 5.41) is 3.13. The first-order chi connectivity index (χ1) is 9.95. The van der Waals surface area contributed by atoms with Crippen LogP contribution >= 0.6 is 0 Å². The third-order valence-electron chi connectivity index (χ3n) is 3.05. The Kier molecular flexibility index (Phi) is 4.64. The monoisotopic (exact) mass is 309 g/mol. The number of aromatic nitrogens is 1. The van der Waals surface area contributed by atoms with Crippen molar-refractivity contribution in [3.05, 3.63) is 41.5 Å². The van der Waals surface area contributed by atoms with Gasteiger partial charge in [0.05, 0.1) is 0 Å². The van der Waals surface area contributed by atoms with Gasteiger partial charge in [-0.15, -0.1) is 0 Å². The van der Waals surface area contributed by atoms with Crippen molar-refractivity contribution in [2.45, 2.75) is 32.2 Å². The van der Waals surface area contributed by atoms with E-state index in [0.717, 1.165) is 6.54 Å². The van der Waals surface area contributed by atoms with Crippen molar-refractivity contribution >= 4 is 15.8 Å². The zero-order chi connectivity index (χ0) is 15.5. The van der Waals surface area contributed by atoms with Gasteiger partial charge in [0.25, 0.3) is 10.0 Å². The summed E-state index contributed by atoms with van der Waals surface area (Å²) in [7, 11) is -3.73. The zero-order valence-electron chi connectivity index (χ0n) is 12.3. The summed E-state index contributed by atoms with van der Waals surface area (Å²) in [6, 6.07) is 5.04. The van der Waals surface area contributed by atoms with Gasteiger partial charge in [0.15, 0.2) is 0 Å². The highest BCUT2D eigenvalue weighted by atomic mass is 32.2. The zero-order valence-corrected chi connectivity index (χ0v) is 13.1. The topological polar surface area (TPSA) is 84.2 Å². The number of hydrogen-bond acceptors (Lipinski definition) is 5. The molecule has 2 N–H and O–H groups in total. The number of aryl methyl sites for hydroxylation is 2. The minimum absolute atomic E-state index is 0.187. The maximum atomic E-state index is 12.6. The van der Waals surface area contributed by atoms with Gasteiger partial charge < -0.3 is 9.73 Å². The summed E-state index contributed by atoms with van der Waals surface area (Å²) in [5.74, 6) is 1.27. The van der Waals surface area contributed by atoms with Gasteiger partial charge >= 0.3 is 0 Å². The van der Waals surface area contributed by atoms with Crippen LogP contribution in [-0.4, -0.2) is 19.9 Å². The third-order valence-corrected chi connectivity index (χ3v) is 4.60. The second-order valence-electron chi connectivity index (χ2n) is 4.62. The number of sulfonamides is 1. The van der Waals surface area contributed by atoms with Crippen LogP contribution in [0.25, 0.3) is 0 Å². The Balaban J connectivity index is 2.40. The number of nitrogens with one attached hydrogen (secondary N) is 2. The normalized spacial score (nSPS) is 11.6. The SMILES string of the molecule is CCNCc1c(C)oc(C)c1S(=O)(=O)Nc1ccccn1. The largest absolute Gasteiger partial charge is 0.465 e. The molecule has 0 aliphatic carbocycles. The van der Waals surface area contributed by atoms with Crippen LogP contribution in [-0.2, 0) is 16.6 Å². The molecular weight excluding hydrogens is 290 g/mol.